The van der Waals surface area contributed by atoms with Gasteiger partial charge in [0, 0.05) is 29.2 Å². The maximum atomic E-state index is 13.3. The number of ether oxygens (including phenoxy) is 3. The van der Waals surface area contributed by atoms with Gasteiger partial charge in [-0.2, -0.15) is 0 Å². The predicted octanol–water partition coefficient (Wildman–Crippen LogP) is 6.42. The zero-order chi connectivity index (χ0) is 26.4. The Labute approximate surface area is 215 Å². The van der Waals surface area contributed by atoms with E-state index >= 15 is 0 Å². The molecule has 3 aromatic rings. The van der Waals surface area contributed by atoms with Gasteiger partial charge in [-0.3, -0.25) is 0 Å². The maximum absolute atomic E-state index is 13.3. The van der Waals surface area contributed by atoms with Crippen LogP contribution in [0.25, 0.3) is 17.2 Å². The van der Waals surface area contributed by atoms with E-state index in [0.29, 0.717) is 55.3 Å². The van der Waals surface area contributed by atoms with E-state index in [4.69, 9.17) is 14.2 Å². The number of carboxylic acid groups (broad SMARTS) is 1. The topological polar surface area (TPSA) is 85.2 Å². The number of aliphatic carboxylic acids is 1. The van der Waals surface area contributed by atoms with Crippen LogP contribution in [0.3, 0.4) is 0 Å². The quantitative estimate of drug-likeness (QED) is 0.292. The van der Waals surface area contributed by atoms with Gasteiger partial charge in [0.15, 0.2) is 0 Å². The fraction of sp³-hybridized carbons (Fsp3) is 0.300. The van der Waals surface area contributed by atoms with Crippen LogP contribution in [-0.2, 0) is 17.6 Å². The lowest BCUT2D eigenvalue weighted by Gasteiger charge is -2.23. The summed E-state index contributed by atoms with van der Waals surface area (Å²) in [6.45, 7) is 4.84. The Bertz CT molecular complexity index is 1280. The number of benzene rings is 3. The molecule has 0 saturated heterocycles. The Balaban J connectivity index is 1.39. The summed E-state index contributed by atoms with van der Waals surface area (Å²) in [7, 11) is 0. The van der Waals surface area contributed by atoms with Gasteiger partial charge in [-0.05, 0) is 60.4 Å². The van der Waals surface area contributed by atoms with Crippen LogP contribution in [0.1, 0.15) is 43.4 Å². The minimum atomic E-state index is -1.03. The molecular weight excluding hydrogens is 475 g/mol. The van der Waals surface area contributed by atoms with Gasteiger partial charge in [-0.15, -0.1) is 0 Å². The number of aromatic hydroxyl groups is 1. The van der Waals surface area contributed by atoms with Crippen LogP contribution < -0.4 is 14.2 Å². The van der Waals surface area contributed by atoms with Crippen molar-refractivity contribution in [2.45, 2.75) is 45.6 Å². The molecule has 0 aliphatic carbocycles. The van der Waals surface area contributed by atoms with Crippen LogP contribution in [0.4, 0.5) is 4.39 Å². The first-order chi connectivity index (χ1) is 17.9. The molecule has 6 nitrogen and oxygen atoms in total. The van der Waals surface area contributed by atoms with E-state index in [0.717, 1.165) is 28.7 Å². The first kappa shape index (κ1) is 26.1. The third-order valence-electron chi connectivity index (χ3n) is 6.21. The minimum Gasteiger partial charge on any atom is -0.507 e. The summed E-state index contributed by atoms with van der Waals surface area (Å²) in [6.07, 6.45) is 5.17. The van der Waals surface area contributed by atoms with Crippen molar-refractivity contribution in [3.8, 4) is 34.1 Å². The van der Waals surface area contributed by atoms with Gasteiger partial charge in [-0.25, -0.2) is 9.18 Å². The van der Waals surface area contributed by atoms with E-state index in [1.54, 1.807) is 24.3 Å². The number of fused-ring (bicyclic) bond motifs is 1. The van der Waals surface area contributed by atoms with Gasteiger partial charge in [0.25, 0.3) is 0 Å². The molecular formula is C30H31FO6. The smallest absolute Gasteiger partial charge is 0.349 e. The third kappa shape index (κ3) is 6.05. The molecule has 194 valence electrons. The number of aryl methyl sites for hydroxylation is 1. The van der Waals surface area contributed by atoms with Gasteiger partial charge in [-0.1, -0.05) is 38.5 Å². The van der Waals surface area contributed by atoms with Gasteiger partial charge < -0.3 is 24.4 Å². The zero-order valence-corrected chi connectivity index (χ0v) is 21.0. The molecule has 0 spiro atoms. The van der Waals surface area contributed by atoms with Gasteiger partial charge in [0.1, 0.15) is 28.8 Å². The van der Waals surface area contributed by atoms with Crippen LogP contribution in [-0.4, -0.2) is 35.5 Å². The molecule has 37 heavy (non-hydrogen) atoms. The second-order valence-electron chi connectivity index (χ2n) is 8.83. The lowest BCUT2D eigenvalue weighted by Crippen LogP contribution is -2.27. The number of hydrogen-bond acceptors (Lipinski definition) is 5. The Morgan fingerprint density at radius 2 is 1.76 bits per heavy atom. The normalized spacial score (nSPS) is 14.1. The molecule has 1 aliphatic rings. The van der Waals surface area contributed by atoms with Crippen molar-refractivity contribution in [1.29, 1.82) is 0 Å². The van der Waals surface area contributed by atoms with Crippen molar-refractivity contribution in [1.82, 2.24) is 0 Å². The number of halogens is 1. The van der Waals surface area contributed by atoms with Crippen molar-refractivity contribution < 1.29 is 33.6 Å². The molecule has 0 amide bonds. The summed E-state index contributed by atoms with van der Waals surface area (Å²) in [6, 6.07) is 13.2. The monoisotopic (exact) mass is 506 g/mol. The SMILES string of the molecule is CCCc1c(OCCCOc2cc(O)c(-c3ccc(F)cc3)cc2CC)ccc2c1OC(C(=O)O)C=C2. The van der Waals surface area contributed by atoms with Crippen LogP contribution in [0.2, 0.25) is 0 Å². The molecule has 3 aromatic carbocycles. The Kier molecular flexibility index (Phi) is 8.33. The summed E-state index contributed by atoms with van der Waals surface area (Å²) in [5, 5.41) is 19.9. The van der Waals surface area contributed by atoms with Crippen molar-refractivity contribution >= 4 is 12.0 Å². The number of phenols is 1. The molecule has 1 unspecified atom stereocenters. The van der Waals surface area contributed by atoms with E-state index in [9.17, 15) is 19.4 Å². The molecule has 0 bridgehead atoms. The van der Waals surface area contributed by atoms with Gasteiger partial charge in [0.2, 0.25) is 6.10 Å². The molecule has 0 fully saturated rings. The summed E-state index contributed by atoms with van der Waals surface area (Å²) in [4.78, 5) is 11.4. The fourth-order valence-corrected chi connectivity index (χ4v) is 4.32. The van der Waals surface area contributed by atoms with E-state index in [1.165, 1.54) is 18.2 Å². The zero-order valence-electron chi connectivity index (χ0n) is 21.0. The Hall–Kier alpha value is -4.00. The minimum absolute atomic E-state index is 0.0713. The second-order valence-corrected chi connectivity index (χ2v) is 8.83. The summed E-state index contributed by atoms with van der Waals surface area (Å²) in [5.41, 5.74) is 4.01. The van der Waals surface area contributed by atoms with E-state index < -0.39 is 12.1 Å². The largest absolute Gasteiger partial charge is 0.507 e. The van der Waals surface area contributed by atoms with Gasteiger partial charge >= 0.3 is 5.97 Å². The first-order valence-electron chi connectivity index (χ1n) is 12.5. The maximum Gasteiger partial charge on any atom is 0.349 e. The van der Waals surface area contributed by atoms with Crippen molar-refractivity contribution in [2.75, 3.05) is 13.2 Å². The highest BCUT2D eigenvalue weighted by Gasteiger charge is 2.25. The number of rotatable bonds is 11. The van der Waals surface area contributed by atoms with Crippen LogP contribution in [0.5, 0.6) is 23.0 Å². The number of hydrogen-bond donors (Lipinski definition) is 2. The molecule has 7 heteroatoms. The van der Waals surface area contributed by atoms with Crippen LogP contribution in [0, 0.1) is 5.82 Å². The molecule has 1 heterocycles. The standard InChI is InChI=1S/C30H31FO6/c1-3-6-23-26(13-9-21-10-14-27(30(33)34)37-29(21)23)35-15-5-16-36-28-18-25(32)24(17-19(28)4-2)20-7-11-22(31)12-8-20/h7-14,17-18,27,32H,3-6,15-16H2,1-2H3,(H,33,34). The summed E-state index contributed by atoms with van der Waals surface area (Å²) >= 11 is 0. The molecule has 0 saturated carbocycles. The first-order valence-corrected chi connectivity index (χ1v) is 12.5. The summed E-state index contributed by atoms with van der Waals surface area (Å²) in [5.74, 6) is 0.557. The highest BCUT2D eigenvalue weighted by atomic mass is 19.1. The van der Waals surface area contributed by atoms with E-state index in [2.05, 4.69) is 0 Å². The molecule has 0 aromatic heterocycles. The lowest BCUT2D eigenvalue weighted by molar-refractivity contribution is -0.142. The van der Waals surface area contributed by atoms with Crippen molar-refractivity contribution in [3.63, 3.8) is 0 Å². The predicted molar refractivity (Wildman–Crippen MR) is 140 cm³/mol. The fourth-order valence-electron chi connectivity index (χ4n) is 4.32. The van der Waals surface area contributed by atoms with Crippen molar-refractivity contribution in [3.05, 3.63) is 77.1 Å². The molecule has 1 atom stereocenters. The van der Waals surface area contributed by atoms with E-state index in [1.807, 2.05) is 32.0 Å². The second kappa shape index (κ2) is 11.8. The molecule has 4 rings (SSSR count). The highest BCUT2D eigenvalue weighted by molar-refractivity contribution is 5.80. The van der Waals surface area contributed by atoms with E-state index in [-0.39, 0.29) is 11.6 Å². The van der Waals surface area contributed by atoms with Crippen molar-refractivity contribution in [2.24, 2.45) is 0 Å². The Morgan fingerprint density at radius 1 is 1.03 bits per heavy atom. The van der Waals surface area contributed by atoms with Crippen LogP contribution >= 0.6 is 0 Å². The highest BCUT2D eigenvalue weighted by Crippen LogP contribution is 2.38. The number of phenolic OH excluding ortho intramolecular Hbond substituents is 1. The number of carbonyl (C=O) groups is 1. The number of carboxylic acids is 1. The van der Waals surface area contributed by atoms with Crippen LogP contribution in [0.15, 0.2) is 54.6 Å². The summed E-state index contributed by atoms with van der Waals surface area (Å²) < 4.78 is 31.0. The Morgan fingerprint density at radius 3 is 2.43 bits per heavy atom. The molecule has 0 radical (unpaired) electrons. The average molecular weight is 507 g/mol. The third-order valence-corrected chi connectivity index (χ3v) is 6.21. The molecule has 1 aliphatic heterocycles. The average Bonchev–Trinajstić information content (AvgIpc) is 2.90. The molecule has 2 N–H and O–H groups in total. The lowest BCUT2D eigenvalue weighted by atomic mass is 10.00. The van der Waals surface area contributed by atoms with Gasteiger partial charge in [0.05, 0.1) is 13.2 Å².